The molecule has 20 heavy (non-hydrogen) atoms. The van der Waals surface area contributed by atoms with Gasteiger partial charge in [0.1, 0.15) is 0 Å². The van der Waals surface area contributed by atoms with Crippen LogP contribution in [0.1, 0.15) is 59.3 Å². The molecule has 1 aliphatic carbocycles. The average Bonchev–Trinajstić information content (AvgIpc) is 2.90. The van der Waals surface area contributed by atoms with Gasteiger partial charge in [0.2, 0.25) is 0 Å². The van der Waals surface area contributed by atoms with Crippen molar-refractivity contribution in [1.82, 2.24) is 10.2 Å². The van der Waals surface area contributed by atoms with E-state index >= 15 is 0 Å². The fourth-order valence-corrected chi connectivity index (χ4v) is 3.74. The Balaban J connectivity index is 2.43. The molecule has 0 aliphatic heterocycles. The van der Waals surface area contributed by atoms with Gasteiger partial charge in [-0.1, -0.05) is 27.2 Å². The third-order valence-electron chi connectivity index (χ3n) is 4.95. The van der Waals surface area contributed by atoms with Gasteiger partial charge in [-0.2, -0.15) is 0 Å². The molecule has 3 heteroatoms. The Morgan fingerprint density at radius 3 is 2.50 bits per heavy atom. The Morgan fingerprint density at radius 1 is 1.15 bits per heavy atom. The monoisotopic (exact) mass is 284 g/mol. The highest BCUT2D eigenvalue weighted by molar-refractivity contribution is 4.84. The molecule has 1 saturated carbocycles. The van der Waals surface area contributed by atoms with Crippen LogP contribution >= 0.6 is 0 Å². The van der Waals surface area contributed by atoms with E-state index in [0.717, 1.165) is 37.7 Å². The van der Waals surface area contributed by atoms with Crippen molar-refractivity contribution >= 4 is 0 Å². The number of hydrogen-bond donors (Lipinski definition) is 1. The molecule has 3 nitrogen and oxygen atoms in total. The topological polar surface area (TPSA) is 24.5 Å². The minimum absolute atomic E-state index is 0.726. The molecule has 120 valence electrons. The Morgan fingerprint density at radius 2 is 1.90 bits per heavy atom. The van der Waals surface area contributed by atoms with Crippen molar-refractivity contribution in [3.63, 3.8) is 0 Å². The van der Waals surface area contributed by atoms with Crippen molar-refractivity contribution in [2.45, 2.75) is 71.4 Å². The fraction of sp³-hybridized carbons (Fsp3) is 1.00. The maximum atomic E-state index is 5.29. The van der Waals surface area contributed by atoms with Gasteiger partial charge in [-0.25, -0.2) is 0 Å². The molecule has 0 aromatic rings. The second-order valence-electron chi connectivity index (χ2n) is 6.14. The van der Waals surface area contributed by atoms with Crippen LogP contribution in [0.4, 0.5) is 0 Å². The summed E-state index contributed by atoms with van der Waals surface area (Å²) in [5.74, 6) is 0.884. The van der Waals surface area contributed by atoms with Crippen LogP contribution in [0.2, 0.25) is 0 Å². The lowest BCUT2D eigenvalue weighted by Crippen LogP contribution is -2.40. The molecule has 0 amide bonds. The lowest BCUT2D eigenvalue weighted by Gasteiger charge is -2.32. The summed E-state index contributed by atoms with van der Waals surface area (Å²) in [5, 5.41) is 3.68. The molecule has 2 unspecified atom stereocenters. The van der Waals surface area contributed by atoms with Crippen LogP contribution in [0.25, 0.3) is 0 Å². The highest BCUT2D eigenvalue weighted by Crippen LogP contribution is 2.29. The zero-order chi connectivity index (χ0) is 14.8. The van der Waals surface area contributed by atoms with E-state index < -0.39 is 0 Å². The van der Waals surface area contributed by atoms with E-state index in [1.165, 1.54) is 45.1 Å². The molecule has 0 spiro atoms. The number of nitrogens with zero attached hydrogens (tertiary/aromatic N) is 1. The molecule has 0 aromatic carbocycles. The largest absolute Gasteiger partial charge is 0.383 e. The number of nitrogens with one attached hydrogen (secondary N) is 1. The zero-order valence-electron chi connectivity index (χ0n) is 14.2. The maximum Gasteiger partial charge on any atom is 0.0589 e. The van der Waals surface area contributed by atoms with E-state index in [4.69, 9.17) is 4.74 Å². The SMILES string of the molecule is CCNC1CCCC1CCN(CCOC)C(CC)CC. The summed E-state index contributed by atoms with van der Waals surface area (Å²) >= 11 is 0. The second-order valence-corrected chi connectivity index (χ2v) is 6.14. The molecule has 0 heterocycles. The van der Waals surface area contributed by atoms with Gasteiger partial charge in [0.05, 0.1) is 6.61 Å². The van der Waals surface area contributed by atoms with Crippen LogP contribution in [-0.2, 0) is 4.74 Å². The first-order chi connectivity index (χ1) is 9.76. The Labute approximate surface area is 126 Å². The molecule has 1 fully saturated rings. The van der Waals surface area contributed by atoms with Gasteiger partial charge in [0.25, 0.3) is 0 Å². The minimum atomic E-state index is 0.726. The van der Waals surface area contributed by atoms with Gasteiger partial charge < -0.3 is 10.1 Å². The van der Waals surface area contributed by atoms with Crippen molar-refractivity contribution in [2.75, 3.05) is 33.4 Å². The van der Waals surface area contributed by atoms with Crippen LogP contribution in [0.3, 0.4) is 0 Å². The van der Waals surface area contributed by atoms with E-state index in [2.05, 4.69) is 31.0 Å². The predicted molar refractivity (Wildman–Crippen MR) is 87.2 cm³/mol. The first-order valence-electron chi connectivity index (χ1n) is 8.73. The second kappa shape index (κ2) is 10.6. The first kappa shape index (κ1) is 17.9. The van der Waals surface area contributed by atoms with E-state index in [-0.39, 0.29) is 0 Å². The molecular formula is C17H36N2O. The molecule has 1 N–H and O–H groups in total. The predicted octanol–water partition coefficient (Wildman–Crippen LogP) is 3.29. The average molecular weight is 284 g/mol. The van der Waals surface area contributed by atoms with Crippen LogP contribution in [0, 0.1) is 5.92 Å². The van der Waals surface area contributed by atoms with Gasteiger partial charge >= 0.3 is 0 Å². The lowest BCUT2D eigenvalue weighted by molar-refractivity contribution is 0.109. The number of methoxy groups -OCH3 is 1. The molecule has 0 radical (unpaired) electrons. The van der Waals surface area contributed by atoms with Crippen LogP contribution < -0.4 is 5.32 Å². The van der Waals surface area contributed by atoms with Gasteiger partial charge in [-0.15, -0.1) is 0 Å². The van der Waals surface area contributed by atoms with E-state index in [9.17, 15) is 0 Å². The summed E-state index contributed by atoms with van der Waals surface area (Å²) in [5.41, 5.74) is 0. The molecule has 1 rings (SSSR count). The van der Waals surface area contributed by atoms with Crippen molar-refractivity contribution in [3.05, 3.63) is 0 Å². The summed E-state index contributed by atoms with van der Waals surface area (Å²) in [6, 6.07) is 1.50. The van der Waals surface area contributed by atoms with Crippen molar-refractivity contribution in [3.8, 4) is 0 Å². The Hall–Kier alpha value is -0.120. The normalized spacial score (nSPS) is 23.1. The van der Waals surface area contributed by atoms with E-state index in [1.54, 1.807) is 0 Å². The summed E-state index contributed by atoms with van der Waals surface area (Å²) in [7, 11) is 1.81. The standard InChI is InChI=1S/C17H36N2O/c1-5-16(6-2)19(13-14-20-4)12-11-15-9-8-10-17(15)18-7-3/h15-18H,5-14H2,1-4H3. The van der Waals surface area contributed by atoms with Crippen molar-refractivity contribution < 1.29 is 4.74 Å². The summed E-state index contributed by atoms with van der Waals surface area (Å²) in [6.45, 7) is 11.1. The highest BCUT2D eigenvalue weighted by Gasteiger charge is 2.27. The van der Waals surface area contributed by atoms with Gasteiger partial charge in [0, 0.05) is 25.7 Å². The van der Waals surface area contributed by atoms with Crippen molar-refractivity contribution in [1.29, 1.82) is 0 Å². The van der Waals surface area contributed by atoms with E-state index in [1.807, 2.05) is 7.11 Å². The molecule has 0 bridgehead atoms. The molecule has 1 aliphatic rings. The fourth-order valence-electron chi connectivity index (χ4n) is 3.74. The highest BCUT2D eigenvalue weighted by atomic mass is 16.5. The van der Waals surface area contributed by atoms with Gasteiger partial charge in [-0.3, -0.25) is 4.90 Å². The number of rotatable bonds is 11. The molecule has 2 atom stereocenters. The third kappa shape index (κ3) is 5.71. The molecule has 0 aromatic heterocycles. The number of ether oxygens (including phenoxy) is 1. The van der Waals surface area contributed by atoms with Crippen molar-refractivity contribution in [2.24, 2.45) is 5.92 Å². The molecule has 0 saturated heterocycles. The van der Waals surface area contributed by atoms with Crippen LogP contribution in [-0.4, -0.2) is 50.3 Å². The summed E-state index contributed by atoms with van der Waals surface area (Å²) < 4.78 is 5.29. The number of hydrogen-bond acceptors (Lipinski definition) is 3. The Bertz CT molecular complexity index is 231. The Kier molecular flexibility index (Phi) is 9.49. The smallest absolute Gasteiger partial charge is 0.0589 e. The van der Waals surface area contributed by atoms with Gasteiger partial charge in [-0.05, 0) is 51.1 Å². The van der Waals surface area contributed by atoms with Crippen LogP contribution in [0.5, 0.6) is 0 Å². The quantitative estimate of drug-likeness (QED) is 0.630. The van der Waals surface area contributed by atoms with Gasteiger partial charge in [0.15, 0.2) is 0 Å². The minimum Gasteiger partial charge on any atom is -0.383 e. The zero-order valence-corrected chi connectivity index (χ0v) is 14.2. The van der Waals surface area contributed by atoms with Crippen LogP contribution in [0.15, 0.2) is 0 Å². The summed E-state index contributed by atoms with van der Waals surface area (Å²) in [6.07, 6.45) is 8.05. The first-order valence-corrected chi connectivity index (χ1v) is 8.73. The molecular weight excluding hydrogens is 248 g/mol. The maximum absolute atomic E-state index is 5.29. The van der Waals surface area contributed by atoms with E-state index in [0.29, 0.717) is 0 Å². The third-order valence-corrected chi connectivity index (χ3v) is 4.95. The summed E-state index contributed by atoms with van der Waals surface area (Å²) in [4.78, 5) is 2.66. The lowest BCUT2D eigenvalue weighted by atomic mass is 9.98.